The van der Waals surface area contributed by atoms with Gasteiger partial charge in [-0.05, 0) is 36.2 Å². The average molecular weight is 395 g/mol. The highest BCUT2D eigenvalue weighted by Gasteiger charge is 2.47. The molecule has 1 unspecified atom stereocenters. The summed E-state index contributed by atoms with van der Waals surface area (Å²) >= 11 is 0. The van der Waals surface area contributed by atoms with Gasteiger partial charge in [-0.1, -0.05) is 25.1 Å². The number of rotatable bonds is 5. The first-order chi connectivity index (χ1) is 14.0. The van der Waals surface area contributed by atoms with Crippen LogP contribution in [0.3, 0.4) is 0 Å². The highest BCUT2D eigenvalue weighted by molar-refractivity contribution is 6.01. The van der Waals surface area contributed by atoms with Gasteiger partial charge in [-0.15, -0.1) is 0 Å². The smallest absolute Gasteiger partial charge is 0.260 e. The van der Waals surface area contributed by atoms with Gasteiger partial charge >= 0.3 is 0 Å². The lowest BCUT2D eigenvalue weighted by molar-refractivity contribution is -0.133. The van der Waals surface area contributed by atoms with Crippen LogP contribution in [0.4, 0.5) is 0 Å². The van der Waals surface area contributed by atoms with E-state index in [-0.39, 0.29) is 24.7 Å². The number of ketones is 1. The third-order valence-corrected chi connectivity index (χ3v) is 5.67. The number of fused-ring (bicyclic) bond motifs is 1. The van der Waals surface area contributed by atoms with Crippen LogP contribution in [-0.4, -0.2) is 49.0 Å². The Morgan fingerprint density at radius 3 is 2.86 bits per heavy atom. The maximum atomic E-state index is 12.7. The Morgan fingerprint density at radius 1 is 1.24 bits per heavy atom. The van der Waals surface area contributed by atoms with Gasteiger partial charge in [0.1, 0.15) is 22.8 Å². The number of nitrogens with zero attached hydrogens (tertiary/aromatic N) is 1. The van der Waals surface area contributed by atoms with Crippen LogP contribution in [0.15, 0.2) is 42.5 Å². The Morgan fingerprint density at radius 2 is 2.07 bits per heavy atom. The van der Waals surface area contributed by atoms with Gasteiger partial charge in [-0.3, -0.25) is 9.59 Å². The zero-order valence-electron chi connectivity index (χ0n) is 16.8. The van der Waals surface area contributed by atoms with Crippen molar-refractivity contribution in [3.63, 3.8) is 0 Å². The van der Waals surface area contributed by atoms with E-state index in [1.54, 1.807) is 30.2 Å². The topological polar surface area (TPSA) is 65.1 Å². The van der Waals surface area contributed by atoms with E-state index in [9.17, 15) is 9.59 Å². The molecule has 2 aliphatic heterocycles. The van der Waals surface area contributed by atoms with Gasteiger partial charge in [0.25, 0.3) is 5.91 Å². The van der Waals surface area contributed by atoms with Crippen LogP contribution < -0.4 is 14.2 Å². The van der Waals surface area contributed by atoms with Crippen molar-refractivity contribution < 1.29 is 23.8 Å². The second-order valence-corrected chi connectivity index (χ2v) is 7.56. The largest absolute Gasteiger partial charge is 0.497 e. The third-order valence-electron chi connectivity index (χ3n) is 5.67. The Balaban J connectivity index is 1.42. The summed E-state index contributed by atoms with van der Waals surface area (Å²) in [6.45, 7) is 2.98. The van der Waals surface area contributed by atoms with Crippen LogP contribution >= 0.6 is 0 Å². The second kappa shape index (κ2) is 7.78. The summed E-state index contributed by atoms with van der Waals surface area (Å²) in [5.41, 5.74) is 0.959. The fraction of sp³-hybridized carbons (Fsp3) is 0.391. The highest BCUT2D eigenvalue weighted by atomic mass is 16.5. The van der Waals surface area contributed by atoms with Crippen molar-refractivity contribution in [2.24, 2.45) is 0 Å². The molecule has 1 fully saturated rings. The molecule has 1 spiro atoms. The van der Waals surface area contributed by atoms with E-state index >= 15 is 0 Å². The van der Waals surface area contributed by atoms with E-state index in [1.165, 1.54) is 0 Å². The van der Waals surface area contributed by atoms with Crippen molar-refractivity contribution in [1.82, 2.24) is 4.90 Å². The summed E-state index contributed by atoms with van der Waals surface area (Å²) in [7, 11) is 1.57. The number of likely N-dealkylation sites (tertiary alicyclic amines) is 1. The van der Waals surface area contributed by atoms with Crippen molar-refractivity contribution in [2.45, 2.75) is 31.8 Å². The zero-order chi connectivity index (χ0) is 20.4. The normalized spacial score (nSPS) is 20.3. The van der Waals surface area contributed by atoms with Gasteiger partial charge in [-0.2, -0.15) is 0 Å². The number of Topliss-reactive ketones (excluding diaryl/α,β-unsaturated/α-hetero) is 1. The van der Waals surface area contributed by atoms with E-state index in [4.69, 9.17) is 14.2 Å². The molecular formula is C23H25NO5. The second-order valence-electron chi connectivity index (χ2n) is 7.56. The molecule has 1 saturated heterocycles. The number of carbonyl (C=O) groups is 2. The molecule has 2 aliphatic rings. The summed E-state index contributed by atoms with van der Waals surface area (Å²) < 4.78 is 17.2. The van der Waals surface area contributed by atoms with E-state index in [0.29, 0.717) is 36.6 Å². The van der Waals surface area contributed by atoms with E-state index in [0.717, 1.165) is 17.7 Å². The van der Waals surface area contributed by atoms with Gasteiger partial charge in [-0.25, -0.2) is 0 Å². The van der Waals surface area contributed by atoms with E-state index in [2.05, 4.69) is 6.92 Å². The average Bonchev–Trinajstić information content (AvgIpc) is 3.15. The van der Waals surface area contributed by atoms with Gasteiger partial charge in [0.15, 0.2) is 12.4 Å². The Labute approximate surface area is 170 Å². The monoisotopic (exact) mass is 395 g/mol. The Kier molecular flexibility index (Phi) is 5.18. The van der Waals surface area contributed by atoms with Crippen LogP contribution in [0, 0.1) is 0 Å². The van der Waals surface area contributed by atoms with E-state index < -0.39 is 5.60 Å². The minimum absolute atomic E-state index is 0.0190. The molecule has 152 valence electrons. The maximum absolute atomic E-state index is 12.7. The number of hydrogen-bond donors (Lipinski definition) is 0. The van der Waals surface area contributed by atoms with Crippen molar-refractivity contribution in [2.75, 3.05) is 26.8 Å². The SMILES string of the molecule is CCc1ccccc1OCC(=O)N1CCC2(CC(=O)c3cc(OC)ccc3O2)C1. The molecule has 0 radical (unpaired) electrons. The number of amides is 1. The molecule has 0 aromatic heterocycles. The van der Waals surface area contributed by atoms with Gasteiger partial charge in [0, 0.05) is 13.0 Å². The summed E-state index contributed by atoms with van der Waals surface area (Å²) in [6, 6.07) is 13.0. The number of carbonyl (C=O) groups excluding carboxylic acids is 2. The minimum Gasteiger partial charge on any atom is -0.497 e. The standard InChI is InChI=1S/C23H25NO5/c1-3-16-6-4-5-7-20(16)28-14-22(26)24-11-10-23(15-24)13-19(25)18-12-17(27-2)8-9-21(18)29-23/h4-9,12H,3,10-11,13-15H2,1-2H3. The molecule has 2 aromatic rings. The lowest BCUT2D eigenvalue weighted by atomic mass is 9.89. The fourth-order valence-electron chi connectivity index (χ4n) is 4.05. The maximum Gasteiger partial charge on any atom is 0.260 e. The lowest BCUT2D eigenvalue weighted by Crippen LogP contribution is -2.45. The van der Waals surface area contributed by atoms with Crippen LogP contribution in [0.2, 0.25) is 0 Å². The van der Waals surface area contributed by atoms with Gasteiger partial charge in [0.2, 0.25) is 0 Å². The molecule has 1 amide bonds. The third kappa shape index (κ3) is 3.79. The minimum atomic E-state index is -0.657. The number of hydrogen-bond acceptors (Lipinski definition) is 5. The summed E-state index contributed by atoms with van der Waals surface area (Å²) in [5, 5.41) is 0. The Hall–Kier alpha value is -3.02. The predicted octanol–water partition coefficient (Wildman–Crippen LogP) is 3.27. The number of aryl methyl sites for hydroxylation is 1. The zero-order valence-corrected chi connectivity index (χ0v) is 16.8. The van der Waals surface area contributed by atoms with Crippen LogP contribution in [-0.2, 0) is 11.2 Å². The van der Waals surface area contributed by atoms with Crippen LogP contribution in [0.25, 0.3) is 0 Å². The van der Waals surface area contributed by atoms with Gasteiger partial charge < -0.3 is 19.1 Å². The molecule has 0 aliphatic carbocycles. The van der Waals surface area contributed by atoms with Crippen molar-refractivity contribution >= 4 is 11.7 Å². The van der Waals surface area contributed by atoms with Crippen molar-refractivity contribution in [3.8, 4) is 17.2 Å². The summed E-state index contributed by atoms with van der Waals surface area (Å²) in [5.74, 6) is 1.86. The molecule has 0 saturated carbocycles. The first-order valence-electron chi connectivity index (χ1n) is 9.92. The van der Waals surface area contributed by atoms with Crippen molar-refractivity contribution in [3.05, 3.63) is 53.6 Å². The molecule has 6 nitrogen and oxygen atoms in total. The number of benzene rings is 2. The molecular weight excluding hydrogens is 370 g/mol. The molecule has 1 atom stereocenters. The van der Waals surface area contributed by atoms with Crippen LogP contribution in [0.5, 0.6) is 17.2 Å². The lowest BCUT2D eigenvalue weighted by Gasteiger charge is -2.34. The number of para-hydroxylation sites is 1. The molecule has 0 N–H and O–H groups in total. The molecule has 2 heterocycles. The number of ether oxygens (including phenoxy) is 3. The Bertz CT molecular complexity index is 941. The molecule has 6 heteroatoms. The molecule has 29 heavy (non-hydrogen) atoms. The quantitative estimate of drug-likeness (QED) is 0.777. The van der Waals surface area contributed by atoms with Crippen LogP contribution in [0.1, 0.15) is 35.7 Å². The van der Waals surface area contributed by atoms with E-state index in [1.807, 2.05) is 24.3 Å². The fourth-order valence-corrected chi connectivity index (χ4v) is 4.05. The summed E-state index contributed by atoms with van der Waals surface area (Å²) in [4.78, 5) is 27.1. The first-order valence-corrected chi connectivity index (χ1v) is 9.92. The predicted molar refractivity (Wildman–Crippen MR) is 108 cm³/mol. The first kappa shape index (κ1) is 19.3. The highest BCUT2D eigenvalue weighted by Crippen LogP contribution is 2.40. The molecule has 2 aromatic carbocycles. The molecule has 4 rings (SSSR count). The number of methoxy groups -OCH3 is 1. The van der Waals surface area contributed by atoms with Gasteiger partial charge in [0.05, 0.1) is 25.6 Å². The van der Waals surface area contributed by atoms with Crippen molar-refractivity contribution in [1.29, 1.82) is 0 Å². The molecule has 0 bridgehead atoms. The summed E-state index contributed by atoms with van der Waals surface area (Å²) in [6.07, 6.45) is 1.73.